The van der Waals surface area contributed by atoms with Crippen LogP contribution in [0.1, 0.15) is 32.1 Å². The molecule has 1 aromatic heterocycles. The monoisotopic (exact) mass is 333 g/mol. The molecule has 0 spiro atoms. The van der Waals surface area contributed by atoms with Crippen LogP contribution in [0.15, 0.2) is 36.5 Å². The normalized spacial score (nSPS) is 18.1. The summed E-state index contributed by atoms with van der Waals surface area (Å²) in [7, 11) is 0. The number of fused-ring (bicyclic) bond motifs is 1. The van der Waals surface area contributed by atoms with Gasteiger partial charge in [0.2, 0.25) is 0 Å². The Bertz CT molecular complexity index is 573. The zero-order chi connectivity index (χ0) is 13.8. The smallest absolute Gasteiger partial charge is 0.128 e. The number of hydrogen-bond donors (Lipinski definition) is 0. The van der Waals surface area contributed by atoms with Gasteiger partial charge in [0.25, 0.3) is 0 Å². The number of aromatic nitrogens is 1. The zero-order valence-electron chi connectivity index (χ0n) is 11.6. The second kappa shape index (κ2) is 6.13. The standard InChI is InChI=1S/C17H20BrNO/c18-12-17(9-2-1-3-10-17)13-20-16-8-4-7-15-14(16)6-5-11-19-15/h4-8,11H,1-3,9-10,12-13H2. The summed E-state index contributed by atoms with van der Waals surface area (Å²) in [6.45, 7) is 0.798. The number of halogens is 1. The molecule has 0 aliphatic heterocycles. The molecular weight excluding hydrogens is 314 g/mol. The van der Waals surface area contributed by atoms with Gasteiger partial charge in [0.15, 0.2) is 0 Å². The highest BCUT2D eigenvalue weighted by Gasteiger charge is 2.32. The molecule has 0 atom stereocenters. The van der Waals surface area contributed by atoms with Gasteiger partial charge in [-0.1, -0.05) is 41.3 Å². The lowest BCUT2D eigenvalue weighted by molar-refractivity contribution is 0.123. The van der Waals surface area contributed by atoms with Crippen molar-refractivity contribution in [2.45, 2.75) is 32.1 Å². The maximum absolute atomic E-state index is 6.18. The van der Waals surface area contributed by atoms with E-state index in [0.717, 1.165) is 28.6 Å². The van der Waals surface area contributed by atoms with E-state index in [1.807, 2.05) is 24.4 Å². The number of nitrogens with zero attached hydrogens (tertiary/aromatic N) is 1. The van der Waals surface area contributed by atoms with Gasteiger partial charge in [-0.3, -0.25) is 4.98 Å². The van der Waals surface area contributed by atoms with Crippen molar-refractivity contribution in [1.29, 1.82) is 0 Å². The minimum absolute atomic E-state index is 0.308. The summed E-state index contributed by atoms with van der Waals surface area (Å²) in [5.74, 6) is 0.960. The fourth-order valence-electron chi connectivity index (χ4n) is 3.05. The Morgan fingerprint density at radius 3 is 2.75 bits per heavy atom. The first-order valence-electron chi connectivity index (χ1n) is 7.36. The topological polar surface area (TPSA) is 22.1 Å². The van der Waals surface area contributed by atoms with Crippen molar-refractivity contribution in [2.24, 2.45) is 5.41 Å². The first-order chi connectivity index (χ1) is 9.83. The van der Waals surface area contributed by atoms with Crippen molar-refractivity contribution in [3.05, 3.63) is 36.5 Å². The molecular formula is C17H20BrNO. The molecule has 106 valence electrons. The van der Waals surface area contributed by atoms with Crippen LogP contribution in [0, 0.1) is 5.41 Å². The minimum Gasteiger partial charge on any atom is -0.492 e. The Labute approximate surface area is 128 Å². The zero-order valence-corrected chi connectivity index (χ0v) is 13.2. The van der Waals surface area contributed by atoms with Gasteiger partial charge >= 0.3 is 0 Å². The molecule has 1 saturated carbocycles. The lowest BCUT2D eigenvalue weighted by Gasteiger charge is -2.35. The number of rotatable bonds is 4. The third-order valence-electron chi connectivity index (χ3n) is 4.34. The van der Waals surface area contributed by atoms with Crippen LogP contribution in [-0.2, 0) is 0 Å². The molecule has 1 fully saturated rings. The molecule has 1 aromatic carbocycles. The van der Waals surface area contributed by atoms with Crippen molar-refractivity contribution in [3.63, 3.8) is 0 Å². The average Bonchev–Trinajstić information content (AvgIpc) is 2.54. The maximum atomic E-state index is 6.18. The van der Waals surface area contributed by atoms with Crippen LogP contribution < -0.4 is 4.74 Å². The van der Waals surface area contributed by atoms with Gasteiger partial charge in [-0.25, -0.2) is 0 Å². The Hall–Kier alpha value is -1.09. The Balaban J connectivity index is 1.79. The number of alkyl halides is 1. The average molecular weight is 334 g/mol. The number of ether oxygens (including phenoxy) is 1. The van der Waals surface area contributed by atoms with Crippen molar-refractivity contribution in [2.75, 3.05) is 11.9 Å². The van der Waals surface area contributed by atoms with E-state index in [1.165, 1.54) is 32.1 Å². The predicted octanol–water partition coefficient (Wildman–Crippen LogP) is 4.96. The molecule has 1 aliphatic rings. The van der Waals surface area contributed by atoms with Gasteiger partial charge in [0, 0.05) is 22.3 Å². The third kappa shape index (κ3) is 2.83. The highest BCUT2D eigenvalue weighted by atomic mass is 79.9. The Morgan fingerprint density at radius 2 is 1.95 bits per heavy atom. The highest BCUT2D eigenvalue weighted by molar-refractivity contribution is 9.09. The van der Waals surface area contributed by atoms with Crippen molar-refractivity contribution in [1.82, 2.24) is 4.98 Å². The summed E-state index contributed by atoms with van der Waals surface area (Å²) >= 11 is 3.70. The molecule has 20 heavy (non-hydrogen) atoms. The molecule has 2 nitrogen and oxygen atoms in total. The molecule has 0 unspecified atom stereocenters. The Kier molecular flexibility index (Phi) is 4.25. The fraction of sp³-hybridized carbons (Fsp3) is 0.471. The SMILES string of the molecule is BrCC1(COc2cccc3ncccc23)CCCCC1. The molecule has 0 saturated heterocycles. The van der Waals surface area contributed by atoms with Gasteiger partial charge in [0.1, 0.15) is 5.75 Å². The van der Waals surface area contributed by atoms with E-state index < -0.39 is 0 Å². The van der Waals surface area contributed by atoms with Crippen molar-refractivity contribution < 1.29 is 4.74 Å². The predicted molar refractivity (Wildman–Crippen MR) is 86.6 cm³/mol. The van der Waals surface area contributed by atoms with E-state index in [9.17, 15) is 0 Å². The van der Waals surface area contributed by atoms with E-state index in [0.29, 0.717) is 5.41 Å². The van der Waals surface area contributed by atoms with Crippen LogP contribution >= 0.6 is 15.9 Å². The number of hydrogen-bond acceptors (Lipinski definition) is 2. The van der Waals surface area contributed by atoms with Crippen LogP contribution in [-0.4, -0.2) is 16.9 Å². The molecule has 1 heterocycles. The fourth-order valence-corrected chi connectivity index (χ4v) is 3.77. The highest BCUT2D eigenvalue weighted by Crippen LogP contribution is 2.38. The van der Waals surface area contributed by atoms with Crippen LogP contribution in [0.2, 0.25) is 0 Å². The molecule has 0 bridgehead atoms. The van der Waals surface area contributed by atoms with Crippen molar-refractivity contribution >= 4 is 26.8 Å². The number of benzene rings is 1. The summed E-state index contributed by atoms with van der Waals surface area (Å²) in [5, 5.41) is 2.14. The minimum atomic E-state index is 0.308. The summed E-state index contributed by atoms with van der Waals surface area (Å²) in [6, 6.07) is 10.2. The number of pyridine rings is 1. The lowest BCUT2D eigenvalue weighted by atomic mass is 9.76. The summed E-state index contributed by atoms with van der Waals surface area (Å²) in [4.78, 5) is 4.38. The molecule has 0 radical (unpaired) electrons. The van der Waals surface area contributed by atoms with Gasteiger partial charge in [0.05, 0.1) is 12.1 Å². The van der Waals surface area contributed by atoms with E-state index in [2.05, 4.69) is 33.0 Å². The lowest BCUT2D eigenvalue weighted by Crippen LogP contribution is -2.32. The van der Waals surface area contributed by atoms with Gasteiger partial charge in [-0.2, -0.15) is 0 Å². The summed E-state index contributed by atoms with van der Waals surface area (Å²) < 4.78 is 6.18. The van der Waals surface area contributed by atoms with E-state index >= 15 is 0 Å². The second-order valence-corrected chi connectivity index (χ2v) is 6.37. The summed E-state index contributed by atoms with van der Waals surface area (Å²) in [6.07, 6.45) is 8.38. The second-order valence-electron chi connectivity index (χ2n) is 5.81. The van der Waals surface area contributed by atoms with E-state index in [4.69, 9.17) is 4.74 Å². The van der Waals surface area contributed by atoms with Crippen LogP contribution in [0.5, 0.6) is 5.75 Å². The summed E-state index contributed by atoms with van der Waals surface area (Å²) in [5.41, 5.74) is 1.31. The first kappa shape index (κ1) is 13.9. The van der Waals surface area contributed by atoms with Crippen LogP contribution in [0.3, 0.4) is 0 Å². The van der Waals surface area contributed by atoms with Gasteiger partial charge in [-0.15, -0.1) is 0 Å². The van der Waals surface area contributed by atoms with Gasteiger partial charge < -0.3 is 4.74 Å². The molecule has 1 aliphatic carbocycles. The van der Waals surface area contributed by atoms with Crippen LogP contribution in [0.25, 0.3) is 10.9 Å². The quantitative estimate of drug-likeness (QED) is 0.738. The van der Waals surface area contributed by atoms with Gasteiger partial charge in [-0.05, 0) is 37.1 Å². The van der Waals surface area contributed by atoms with E-state index in [-0.39, 0.29) is 0 Å². The third-order valence-corrected chi connectivity index (χ3v) is 5.53. The maximum Gasteiger partial charge on any atom is 0.128 e. The molecule has 0 amide bonds. The first-order valence-corrected chi connectivity index (χ1v) is 8.48. The molecule has 2 aromatic rings. The molecule has 3 heteroatoms. The van der Waals surface area contributed by atoms with E-state index in [1.54, 1.807) is 0 Å². The van der Waals surface area contributed by atoms with Crippen molar-refractivity contribution in [3.8, 4) is 5.75 Å². The largest absolute Gasteiger partial charge is 0.492 e. The Morgan fingerprint density at radius 1 is 1.10 bits per heavy atom. The molecule has 3 rings (SSSR count). The molecule has 0 N–H and O–H groups in total. The van der Waals surface area contributed by atoms with Crippen LogP contribution in [0.4, 0.5) is 0 Å².